The summed E-state index contributed by atoms with van der Waals surface area (Å²) >= 11 is 0. The van der Waals surface area contributed by atoms with Gasteiger partial charge in [0.05, 0.1) is 6.04 Å². The monoisotopic (exact) mass is 425 g/mol. The Hall–Kier alpha value is -4.19. The van der Waals surface area contributed by atoms with E-state index in [9.17, 15) is 14.4 Å². The molecule has 2 N–H and O–H groups in total. The van der Waals surface area contributed by atoms with Gasteiger partial charge in [0, 0.05) is 28.1 Å². The molecule has 0 radical (unpaired) electrons. The average molecular weight is 425 g/mol. The van der Waals surface area contributed by atoms with Crippen LogP contribution in [0.2, 0.25) is 0 Å². The number of fused-ring (bicyclic) bond motifs is 1. The number of rotatable bonds is 6. The van der Waals surface area contributed by atoms with Crippen LogP contribution in [0.15, 0.2) is 85.4 Å². The summed E-state index contributed by atoms with van der Waals surface area (Å²) in [5, 5.41) is 5.79. The Morgan fingerprint density at radius 2 is 1.62 bits per heavy atom. The first-order chi connectivity index (χ1) is 15.4. The molecule has 3 amide bonds. The van der Waals surface area contributed by atoms with E-state index < -0.39 is 0 Å². The summed E-state index contributed by atoms with van der Waals surface area (Å²) in [5.41, 5.74) is 3.87. The zero-order valence-electron chi connectivity index (χ0n) is 17.7. The Morgan fingerprint density at radius 1 is 0.938 bits per heavy atom. The van der Waals surface area contributed by atoms with Gasteiger partial charge < -0.3 is 10.6 Å². The third-order valence-electron chi connectivity index (χ3n) is 5.40. The maximum atomic E-state index is 12.7. The molecule has 0 aromatic heterocycles. The molecule has 0 saturated heterocycles. The Kier molecular flexibility index (Phi) is 5.85. The molecule has 1 heterocycles. The average Bonchev–Trinajstić information content (AvgIpc) is 3.05. The lowest BCUT2D eigenvalue weighted by atomic mass is 10.1. The van der Waals surface area contributed by atoms with Gasteiger partial charge in [-0.3, -0.25) is 19.3 Å². The summed E-state index contributed by atoms with van der Waals surface area (Å²) in [6, 6.07) is 23.1. The minimum absolute atomic E-state index is 0.110. The fourth-order valence-corrected chi connectivity index (χ4v) is 3.69. The Bertz CT molecular complexity index is 1170. The first kappa shape index (κ1) is 21.1. The number of carbonyl (C=O) groups excluding carboxylic acids is 3. The Labute approximate surface area is 186 Å². The highest BCUT2D eigenvalue weighted by Gasteiger charge is 2.32. The molecule has 0 aliphatic carbocycles. The topological polar surface area (TPSA) is 78.5 Å². The van der Waals surface area contributed by atoms with Gasteiger partial charge in [0.15, 0.2) is 0 Å². The fourth-order valence-electron chi connectivity index (χ4n) is 3.69. The van der Waals surface area contributed by atoms with Gasteiger partial charge in [0.1, 0.15) is 6.54 Å². The molecule has 3 aromatic rings. The number of benzene rings is 3. The Balaban J connectivity index is 1.39. The molecule has 0 spiro atoms. The highest BCUT2D eigenvalue weighted by Crippen LogP contribution is 2.30. The van der Waals surface area contributed by atoms with E-state index >= 15 is 0 Å². The molecule has 1 unspecified atom stereocenters. The lowest BCUT2D eigenvalue weighted by molar-refractivity contribution is -0.121. The molecule has 1 aliphatic heterocycles. The van der Waals surface area contributed by atoms with Crippen molar-refractivity contribution in [1.29, 1.82) is 0 Å². The van der Waals surface area contributed by atoms with Crippen LogP contribution in [0.1, 0.15) is 44.8 Å². The molecule has 4 rings (SSSR count). The van der Waals surface area contributed by atoms with Crippen molar-refractivity contribution in [2.45, 2.75) is 13.0 Å². The molecule has 6 nitrogen and oxygen atoms in total. The van der Waals surface area contributed by atoms with E-state index in [2.05, 4.69) is 17.2 Å². The minimum atomic E-state index is -0.315. The highest BCUT2D eigenvalue weighted by atomic mass is 16.2. The summed E-state index contributed by atoms with van der Waals surface area (Å²) in [6.45, 7) is 5.71. The predicted molar refractivity (Wildman–Crippen MR) is 124 cm³/mol. The molecule has 1 aliphatic rings. The predicted octanol–water partition coefficient (Wildman–Crippen LogP) is 4.24. The zero-order chi connectivity index (χ0) is 22.7. The van der Waals surface area contributed by atoms with Crippen molar-refractivity contribution in [3.8, 4) is 0 Å². The summed E-state index contributed by atoms with van der Waals surface area (Å²) < 4.78 is 0. The standard InChI is InChI=1S/C26H23N3O3/c1-17(20-11-8-12-21(15-20)28-25(31)19-9-4-3-5-10-19)27-24(30)16-29-18(2)22-13-6-7-14-23(22)26(29)32/h3-15,17H,2,16H2,1H3,(H,27,30)(H,28,31). The zero-order valence-corrected chi connectivity index (χ0v) is 17.7. The number of amides is 3. The molecule has 1 atom stereocenters. The first-order valence-corrected chi connectivity index (χ1v) is 10.3. The summed E-state index contributed by atoms with van der Waals surface area (Å²) in [6.07, 6.45) is 0. The molecular weight excluding hydrogens is 402 g/mol. The van der Waals surface area contributed by atoms with Crippen LogP contribution in [0.4, 0.5) is 5.69 Å². The number of nitrogens with one attached hydrogen (secondary N) is 2. The van der Waals surface area contributed by atoms with Crippen molar-refractivity contribution in [3.63, 3.8) is 0 Å². The summed E-state index contributed by atoms with van der Waals surface area (Å²) in [7, 11) is 0. The molecule has 160 valence electrons. The largest absolute Gasteiger partial charge is 0.348 e. The molecule has 0 fully saturated rings. The lowest BCUT2D eigenvalue weighted by Gasteiger charge is -2.20. The van der Waals surface area contributed by atoms with Gasteiger partial charge in [0.25, 0.3) is 11.8 Å². The van der Waals surface area contributed by atoms with Gasteiger partial charge in [0.2, 0.25) is 5.91 Å². The molecule has 0 saturated carbocycles. The second kappa shape index (κ2) is 8.89. The number of nitrogens with zero attached hydrogens (tertiary/aromatic N) is 1. The fraction of sp³-hybridized carbons (Fsp3) is 0.115. The van der Waals surface area contributed by atoms with Gasteiger partial charge in [-0.05, 0) is 42.8 Å². The second-order valence-corrected chi connectivity index (χ2v) is 7.62. The number of hydrogen-bond acceptors (Lipinski definition) is 3. The van der Waals surface area contributed by atoms with Crippen LogP contribution >= 0.6 is 0 Å². The van der Waals surface area contributed by atoms with Crippen LogP contribution < -0.4 is 10.6 Å². The molecule has 0 bridgehead atoms. The number of hydrogen-bond donors (Lipinski definition) is 2. The van der Waals surface area contributed by atoms with Crippen LogP contribution in [-0.2, 0) is 4.79 Å². The number of anilines is 1. The molecular formula is C26H23N3O3. The van der Waals surface area contributed by atoms with Gasteiger partial charge in [-0.25, -0.2) is 0 Å². The molecule has 6 heteroatoms. The SMILES string of the molecule is C=C1c2ccccc2C(=O)N1CC(=O)NC(C)c1cccc(NC(=O)c2ccccc2)c1. The number of carbonyl (C=O) groups is 3. The van der Waals surface area contributed by atoms with Crippen LogP contribution in [0.3, 0.4) is 0 Å². The van der Waals surface area contributed by atoms with E-state index in [0.717, 1.165) is 11.1 Å². The quantitative estimate of drug-likeness (QED) is 0.620. The maximum absolute atomic E-state index is 12.7. The van der Waals surface area contributed by atoms with E-state index in [0.29, 0.717) is 22.5 Å². The molecule has 32 heavy (non-hydrogen) atoms. The van der Waals surface area contributed by atoms with Crippen molar-refractivity contribution in [1.82, 2.24) is 10.2 Å². The highest BCUT2D eigenvalue weighted by molar-refractivity contribution is 6.10. The van der Waals surface area contributed by atoms with Gasteiger partial charge in [-0.15, -0.1) is 0 Å². The Morgan fingerprint density at radius 3 is 2.34 bits per heavy atom. The van der Waals surface area contributed by atoms with E-state index in [1.54, 1.807) is 42.5 Å². The third kappa shape index (κ3) is 4.30. The van der Waals surface area contributed by atoms with Gasteiger partial charge >= 0.3 is 0 Å². The van der Waals surface area contributed by atoms with E-state index in [4.69, 9.17) is 0 Å². The van der Waals surface area contributed by atoms with Crippen LogP contribution in [0.25, 0.3) is 5.70 Å². The van der Waals surface area contributed by atoms with Crippen molar-refractivity contribution in [2.24, 2.45) is 0 Å². The normalized spacial score (nSPS) is 13.5. The molecule has 3 aromatic carbocycles. The smallest absolute Gasteiger partial charge is 0.259 e. The lowest BCUT2D eigenvalue weighted by Crippen LogP contribution is -2.38. The minimum Gasteiger partial charge on any atom is -0.348 e. The van der Waals surface area contributed by atoms with Gasteiger partial charge in [-0.1, -0.05) is 55.1 Å². The van der Waals surface area contributed by atoms with E-state index in [1.165, 1.54) is 4.90 Å². The second-order valence-electron chi connectivity index (χ2n) is 7.62. The van der Waals surface area contributed by atoms with E-state index in [-0.39, 0.29) is 30.3 Å². The maximum Gasteiger partial charge on any atom is 0.259 e. The summed E-state index contributed by atoms with van der Waals surface area (Å²) in [4.78, 5) is 39.1. The van der Waals surface area contributed by atoms with Crippen molar-refractivity contribution in [2.75, 3.05) is 11.9 Å². The van der Waals surface area contributed by atoms with Crippen LogP contribution in [0.5, 0.6) is 0 Å². The summed E-state index contributed by atoms with van der Waals surface area (Å²) in [5.74, 6) is -0.720. The van der Waals surface area contributed by atoms with Crippen LogP contribution in [0, 0.1) is 0 Å². The van der Waals surface area contributed by atoms with Crippen molar-refractivity contribution < 1.29 is 14.4 Å². The third-order valence-corrected chi connectivity index (χ3v) is 5.40. The van der Waals surface area contributed by atoms with Gasteiger partial charge in [-0.2, -0.15) is 0 Å². The van der Waals surface area contributed by atoms with Crippen molar-refractivity contribution in [3.05, 3.63) is 108 Å². The van der Waals surface area contributed by atoms with E-state index in [1.807, 2.05) is 43.3 Å². The first-order valence-electron chi connectivity index (χ1n) is 10.3. The van der Waals surface area contributed by atoms with Crippen LogP contribution in [-0.4, -0.2) is 29.2 Å². The van der Waals surface area contributed by atoms with Crippen molar-refractivity contribution >= 4 is 29.1 Å².